The van der Waals surface area contributed by atoms with Crippen LogP contribution in [0, 0.1) is 11.8 Å². The maximum Gasteiger partial charge on any atom is 0.118 e. The second kappa shape index (κ2) is 12.4. The van der Waals surface area contributed by atoms with Gasteiger partial charge in [0.1, 0.15) is 5.75 Å². The molecule has 2 nitrogen and oxygen atoms in total. The lowest BCUT2D eigenvalue weighted by Crippen LogP contribution is -2.15. The van der Waals surface area contributed by atoms with Crippen molar-refractivity contribution in [1.82, 2.24) is 5.32 Å². The van der Waals surface area contributed by atoms with Crippen LogP contribution < -0.4 is 10.1 Å². The van der Waals surface area contributed by atoms with Crippen molar-refractivity contribution in [3.05, 3.63) is 102 Å². The number of unbranched alkanes of at least 4 members (excludes halogenated alkanes) is 1. The molecule has 150 valence electrons. The predicted molar refractivity (Wildman–Crippen MR) is 124 cm³/mol. The zero-order chi connectivity index (χ0) is 20.9. The lowest BCUT2D eigenvalue weighted by molar-refractivity contribution is 0.414. The third-order valence-electron chi connectivity index (χ3n) is 4.50. The number of allylic oxidation sites excluding steroid dienone is 2. The Labute approximate surface area is 176 Å². The van der Waals surface area contributed by atoms with Crippen LogP contribution in [0.4, 0.5) is 0 Å². The predicted octanol–water partition coefficient (Wildman–Crippen LogP) is 5.85. The number of ether oxygens (including phenoxy) is 1. The highest BCUT2D eigenvalue weighted by atomic mass is 16.5. The topological polar surface area (TPSA) is 21.3 Å². The average Bonchev–Trinajstić information content (AvgIpc) is 2.76. The van der Waals surface area contributed by atoms with Gasteiger partial charge in [-0.3, -0.25) is 0 Å². The van der Waals surface area contributed by atoms with Crippen LogP contribution in [-0.4, -0.2) is 13.7 Å². The van der Waals surface area contributed by atoms with Gasteiger partial charge in [0, 0.05) is 24.2 Å². The van der Waals surface area contributed by atoms with E-state index in [1.165, 1.54) is 24.0 Å². The molecular formula is C27H31NO. The van der Waals surface area contributed by atoms with Gasteiger partial charge in [0.2, 0.25) is 0 Å². The van der Waals surface area contributed by atoms with E-state index in [1.807, 2.05) is 24.3 Å². The quantitative estimate of drug-likeness (QED) is 0.409. The molecule has 29 heavy (non-hydrogen) atoms. The van der Waals surface area contributed by atoms with Gasteiger partial charge in [-0.05, 0) is 59.9 Å². The lowest BCUT2D eigenvalue weighted by atomic mass is 10.1. The highest BCUT2D eigenvalue weighted by molar-refractivity contribution is 5.45. The molecule has 0 aliphatic rings. The van der Waals surface area contributed by atoms with Gasteiger partial charge in [0.25, 0.3) is 0 Å². The van der Waals surface area contributed by atoms with Crippen LogP contribution >= 0.6 is 0 Å². The van der Waals surface area contributed by atoms with Crippen LogP contribution in [0.25, 0.3) is 0 Å². The Bertz CT molecular complexity index is 877. The van der Waals surface area contributed by atoms with Crippen LogP contribution in [0.1, 0.15) is 36.5 Å². The molecule has 0 spiro atoms. The minimum absolute atomic E-state index is 0.711. The van der Waals surface area contributed by atoms with Crippen molar-refractivity contribution in [2.24, 2.45) is 0 Å². The highest BCUT2D eigenvalue weighted by Gasteiger charge is 1.95. The second-order valence-electron chi connectivity index (χ2n) is 7.02. The number of benzene rings is 2. The maximum atomic E-state index is 5.17. The Kier molecular flexibility index (Phi) is 9.55. The maximum absolute atomic E-state index is 5.17. The molecule has 2 aromatic rings. The van der Waals surface area contributed by atoms with Crippen molar-refractivity contribution in [3.8, 4) is 17.6 Å². The Morgan fingerprint density at radius 2 is 1.69 bits per heavy atom. The van der Waals surface area contributed by atoms with E-state index in [-0.39, 0.29) is 0 Å². The Hall–Kier alpha value is -3.02. The minimum atomic E-state index is 0.711. The second-order valence-corrected chi connectivity index (χ2v) is 7.02. The van der Waals surface area contributed by atoms with E-state index in [2.05, 4.69) is 73.6 Å². The van der Waals surface area contributed by atoms with Gasteiger partial charge in [-0.15, -0.1) is 0 Å². The number of nitrogens with one attached hydrogen (secondary N) is 1. The summed E-state index contributed by atoms with van der Waals surface area (Å²) >= 11 is 0. The fourth-order valence-electron chi connectivity index (χ4n) is 2.72. The lowest BCUT2D eigenvalue weighted by Gasteiger charge is -2.06. The fourth-order valence-corrected chi connectivity index (χ4v) is 2.72. The molecule has 0 fully saturated rings. The number of aryl methyl sites for hydroxylation is 1. The molecule has 0 unspecified atom stereocenters. The first-order valence-corrected chi connectivity index (χ1v) is 10.1. The molecular weight excluding hydrogens is 354 g/mol. The van der Waals surface area contributed by atoms with Crippen LogP contribution in [0.2, 0.25) is 0 Å². The minimum Gasteiger partial charge on any atom is -0.497 e. The summed E-state index contributed by atoms with van der Waals surface area (Å²) in [7, 11) is 1.67. The third-order valence-corrected chi connectivity index (χ3v) is 4.50. The molecule has 0 radical (unpaired) electrons. The van der Waals surface area contributed by atoms with Crippen molar-refractivity contribution in [1.29, 1.82) is 0 Å². The van der Waals surface area contributed by atoms with Crippen LogP contribution in [0.5, 0.6) is 5.75 Å². The summed E-state index contributed by atoms with van der Waals surface area (Å²) in [5.74, 6) is 7.14. The average molecular weight is 386 g/mol. The zero-order valence-electron chi connectivity index (χ0n) is 17.6. The van der Waals surface area contributed by atoms with E-state index in [1.54, 1.807) is 7.11 Å². The molecule has 0 atom stereocenters. The van der Waals surface area contributed by atoms with Gasteiger partial charge in [-0.25, -0.2) is 0 Å². The number of hydrogen-bond donors (Lipinski definition) is 1. The van der Waals surface area contributed by atoms with Gasteiger partial charge in [0.15, 0.2) is 0 Å². The SMILES string of the molecule is C=C(C#Cc1ccc(CCCC)cc1)C=CC(=C)CNCc1ccc(OC)cc1. The van der Waals surface area contributed by atoms with Gasteiger partial charge in [-0.2, -0.15) is 0 Å². The molecule has 2 heteroatoms. The summed E-state index contributed by atoms with van der Waals surface area (Å²) in [5, 5.41) is 3.38. The van der Waals surface area contributed by atoms with E-state index >= 15 is 0 Å². The van der Waals surface area contributed by atoms with E-state index in [0.29, 0.717) is 6.54 Å². The first kappa shape index (κ1) is 22.3. The monoisotopic (exact) mass is 385 g/mol. The van der Waals surface area contributed by atoms with Gasteiger partial charge in [-0.1, -0.05) is 68.7 Å². The van der Waals surface area contributed by atoms with E-state index in [0.717, 1.165) is 35.4 Å². The Morgan fingerprint density at radius 3 is 2.34 bits per heavy atom. The normalized spacial score (nSPS) is 10.4. The first-order chi connectivity index (χ1) is 14.1. The van der Waals surface area contributed by atoms with Crippen molar-refractivity contribution >= 4 is 0 Å². The summed E-state index contributed by atoms with van der Waals surface area (Å²) < 4.78 is 5.17. The molecule has 0 saturated heterocycles. The van der Waals surface area contributed by atoms with Crippen molar-refractivity contribution in [2.75, 3.05) is 13.7 Å². The molecule has 2 rings (SSSR count). The number of rotatable bonds is 10. The largest absolute Gasteiger partial charge is 0.497 e. The molecule has 0 aliphatic carbocycles. The van der Waals surface area contributed by atoms with E-state index in [4.69, 9.17) is 4.74 Å². The van der Waals surface area contributed by atoms with Crippen molar-refractivity contribution in [2.45, 2.75) is 32.7 Å². The summed E-state index contributed by atoms with van der Waals surface area (Å²) in [6.45, 7) is 11.8. The third kappa shape index (κ3) is 8.68. The Balaban J connectivity index is 1.75. The summed E-state index contributed by atoms with van der Waals surface area (Å²) in [4.78, 5) is 0. The summed E-state index contributed by atoms with van der Waals surface area (Å²) in [5.41, 5.74) is 5.35. The summed E-state index contributed by atoms with van der Waals surface area (Å²) in [6.07, 6.45) is 7.46. The molecule has 0 amide bonds. The molecule has 0 aromatic heterocycles. The molecule has 0 aliphatic heterocycles. The molecule has 1 N–H and O–H groups in total. The van der Waals surface area contributed by atoms with E-state index < -0.39 is 0 Å². The molecule has 2 aromatic carbocycles. The molecule has 0 saturated carbocycles. The number of hydrogen-bond acceptors (Lipinski definition) is 2. The Morgan fingerprint density at radius 1 is 1.00 bits per heavy atom. The van der Waals surface area contributed by atoms with Gasteiger partial charge in [0.05, 0.1) is 7.11 Å². The van der Waals surface area contributed by atoms with Crippen molar-refractivity contribution in [3.63, 3.8) is 0 Å². The fraction of sp³-hybridized carbons (Fsp3) is 0.259. The first-order valence-electron chi connectivity index (χ1n) is 10.1. The van der Waals surface area contributed by atoms with Crippen LogP contribution in [-0.2, 0) is 13.0 Å². The zero-order valence-corrected chi connectivity index (χ0v) is 17.6. The van der Waals surface area contributed by atoms with Crippen molar-refractivity contribution < 1.29 is 4.74 Å². The van der Waals surface area contributed by atoms with Gasteiger partial charge < -0.3 is 10.1 Å². The van der Waals surface area contributed by atoms with Crippen LogP contribution in [0.15, 0.2) is 85.0 Å². The smallest absolute Gasteiger partial charge is 0.118 e. The van der Waals surface area contributed by atoms with Gasteiger partial charge >= 0.3 is 0 Å². The standard InChI is InChI=1S/C27H31NO/c1-5-6-7-24-12-14-25(15-13-24)11-10-22(2)8-9-23(3)20-28-21-26-16-18-27(29-4)19-17-26/h8-9,12-19,28H,2-3,5-7,20-21H2,1,4H3. The van der Waals surface area contributed by atoms with E-state index in [9.17, 15) is 0 Å². The summed E-state index contributed by atoms with van der Waals surface area (Å²) in [6, 6.07) is 16.5. The highest BCUT2D eigenvalue weighted by Crippen LogP contribution is 2.11. The number of methoxy groups -OCH3 is 1. The van der Waals surface area contributed by atoms with Crippen LogP contribution in [0.3, 0.4) is 0 Å². The molecule has 0 bridgehead atoms. The molecule has 0 heterocycles.